The van der Waals surface area contributed by atoms with E-state index in [1.807, 2.05) is 31.6 Å². The molecular weight excluding hydrogens is 414 g/mol. The van der Waals surface area contributed by atoms with Gasteiger partial charge in [0.2, 0.25) is 0 Å². The average Bonchev–Trinajstić information content (AvgIpc) is 3.26. The maximum absolute atomic E-state index is 13.1. The number of nitrogens with one attached hydrogen (secondary N) is 2. The van der Waals surface area contributed by atoms with Gasteiger partial charge in [0.15, 0.2) is 11.6 Å². The van der Waals surface area contributed by atoms with E-state index in [2.05, 4.69) is 48.6 Å². The van der Waals surface area contributed by atoms with Gasteiger partial charge >= 0.3 is 0 Å². The van der Waals surface area contributed by atoms with Crippen molar-refractivity contribution in [2.75, 3.05) is 6.54 Å². The van der Waals surface area contributed by atoms with Gasteiger partial charge in [0.25, 0.3) is 0 Å². The van der Waals surface area contributed by atoms with Crippen LogP contribution >= 0.6 is 0 Å². The Morgan fingerprint density at radius 3 is 2.21 bits per heavy atom. The summed E-state index contributed by atoms with van der Waals surface area (Å²) in [6.45, 7) is 15.8. The Labute approximate surface area is 201 Å². The molecule has 2 atom stereocenters. The van der Waals surface area contributed by atoms with Crippen molar-refractivity contribution >= 4 is 11.6 Å². The van der Waals surface area contributed by atoms with E-state index in [1.165, 1.54) is 0 Å². The van der Waals surface area contributed by atoms with Crippen molar-refractivity contribution in [2.45, 2.75) is 130 Å². The zero-order valence-electron chi connectivity index (χ0n) is 22.2. The largest absolute Gasteiger partial charge is 0.305 e. The maximum atomic E-state index is 13.1. The molecule has 1 rings (SSSR count). The Bertz CT molecular complexity index is 689. The number of nitrogens with zero attached hydrogens (tertiary/aromatic N) is 3. The molecule has 190 valence electrons. The molecule has 0 amide bonds. The highest BCUT2D eigenvalue weighted by Crippen LogP contribution is 2.22. The summed E-state index contributed by atoms with van der Waals surface area (Å²) in [5.74, 6) is 0.482. The third-order valence-electron chi connectivity index (χ3n) is 6.45. The number of aryl methyl sites for hydroxylation is 1. The van der Waals surface area contributed by atoms with E-state index in [1.54, 1.807) is 6.20 Å². The molecule has 0 saturated carbocycles. The first-order valence-corrected chi connectivity index (χ1v) is 13.0. The van der Waals surface area contributed by atoms with Crippen LogP contribution in [0.15, 0.2) is 12.4 Å². The fraction of sp³-hybridized carbons (Fsp3) is 0.846. The van der Waals surface area contributed by atoms with Gasteiger partial charge in [-0.25, -0.2) is 0 Å². The Morgan fingerprint density at radius 2 is 1.64 bits per heavy atom. The summed E-state index contributed by atoms with van der Waals surface area (Å²) >= 11 is 0. The van der Waals surface area contributed by atoms with E-state index in [0.29, 0.717) is 13.0 Å². The second-order valence-corrected chi connectivity index (χ2v) is 10.5. The van der Waals surface area contributed by atoms with Crippen LogP contribution in [0.25, 0.3) is 0 Å². The highest BCUT2D eigenvalue weighted by Gasteiger charge is 2.34. The van der Waals surface area contributed by atoms with E-state index in [0.717, 1.165) is 57.9 Å². The standard InChI is InChI=1S/C26H49N5O2/c1-8-9-10-15-25(6,29-22(4)5)23(32)14-13-17-27-26(7,24(33)21(2)3)16-11-12-19-31-20-18-28-30-31/h18,20-22,27,29H,8-17,19H2,1-7H3/t25-,26-/m0/s1. The van der Waals surface area contributed by atoms with Crippen LogP contribution in [-0.2, 0) is 16.1 Å². The predicted molar refractivity (Wildman–Crippen MR) is 135 cm³/mol. The SMILES string of the molecule is CCCCC[C@](C)(NC(C)C)C(=O)CCCN[C@@](C)(CCCCn1ccnn1)C(=O)C(C)C. The van der Waals surface area contributed by atoms with Gasteiger partial charge in [0.1, 0.15) is 0 Å². The molecule has 7 heteroatoms. The van der Waals surface area contributed by atoms with E-state index < -0.39 is 11.1 Å². The summed E-state index contributed by atoms with van der Waals surface area (Å²) < 4.78 is 1.82. The van der Waals surface area contributed by atoms with Crippen molar-refractivity contribution in [3.05, 3.63) is 12.4 Å². The molecule has 1 aromatic heterocycles. The fourth-order valence-electron chi connectivity index (χ4n) is 4.59. The van der Waals surface area contributed by atoms with E-state index in [4.69, 9.17) is 0 Å². The molecule has 0 fully saturated rings. The van der Waals surface area contributed by atoms with Crippen molar-refractivity contribution < 1.29 is 9.59 Å². The monoisotopic (exact) mass is 463 g/mol. The quantitative estimate of drug-likeness (QED) is 0.289. The van der Waals surface area contributed by atoms with E-state index in [-0.39, 0.29) is 23.5 Å². The summed E-state index contributed by atoms with van der Waals surface area (Å²) in [7, 11) is 0. The molecule has 0 saturated heterocycles. The summed E-state index contributed by atoms with van der Waals surface area (Å²) in [4.78, 5) is 26.1. The Hall–Kier alpha value is -1.60. The van der Waals surface area contributed by atoms with Gasteiger partial charge in [-0.3, -0.25) is 14.3 Å². The number of carbonyl (C=O) groups excluding carboxylic acids is 2. The first kappa shape index (κ1) is 29.4. The molecule has 2 N–H and O–H groups in total. The van der Waals surface area contributed by atoms with Gasteiger partial charge < -0.3 is 10.6 Å². The van der Waals surface area contributed by atoms with E-state index in [9.17, 15) is 9.59 Å². The van der Waals surface area contributed by atoms with Crippen LogP contribution in [0.1, 0.15) is 106 Å². The van der Waals surface area contributed by atoms with Crippen LogP contribution in [0.3, 0.4) is 0 Å². The molecular formula is C26H49N5O2. The number of rotatable bonds is 19. The minimum absolute atomic E-state index is 0.0310. The van der Waals surface area contributed by atoms with Crippen LogP contribution in [0, 0.1) is 5.92 Å². The maximum Gasteiger partial charge on any atom is 0.155 e. The Balaban J connectivity index is 2.59. The lowest BCUT2D eigenvalue weighted by Gasteiger charge is -2.33. The topological polar surface area (TPSA) is 88.9 Å². The van der Waals surface area contributed by atoms with E-state index >= 15 is 0 Å². The number of hydrogen-bond donors (Lipinski definition) is 2. The summed E-state index contributed by atoms with van der Waals surface area (Å²) in [5.41, 5.74) is -1.04. The first-order chi connectivity index (χ1) is 15.5. The number of unbranched alkanes of at least 4 members (excludes halogenated alkanes) is 3. The van der Waals surface area contributed by atoms with Gasteiger partial charge in [-0.15, -0.1) is 5.10 Å². The lowest BCUT2D eigenvalue weighted by molar-refractivity contribution is -0.128. The molecule has 0 unspecified atom stereocenters. The molecule has 0 aromatic carbocycles. The van der Waals surface area contributed by atoms with Crippen molar-refractivity contribution in [2.24, 2.45) is 5.92 Å². The van der Waals surface area contributed by atoms with Crippen LogP contribution in [-0.4, -0.2) is 50.2 Å². The predicted octanol–water partition coefficient (Wildman–Crippen LogP) is 4.71. The molecule has 0 spiro atoms. The van der Waals surface area contributed by atoms with Crippen LogP contribution in [0.2, 0.25) is 0 Å². The van der Waals surface area contributed by atoms with Gasteiger partial charge in [-0.2, -0.15) is 0 Å². The lowest BCUT2D eigenvalue weighted by atomic mass is 9.84. The van der Waals surface area contributed by atoms with Gasteiger partial charge in [0, 0.05) is 31.1 Å². The van der Waals surface area contributed by atoms with Crippen molar-refractivity contribution in [3.8, 4) is 0 Å². The number of aromatic nitrogens is 3. The molecule has 1 heterocycles. The smallest absolute Gasteiger partial charge is 0.155 e. The fourth-order valence-corrected chi connectivity index (χ4v) is 4.59. The highest BCUT2D eigenvalue weighted by molar-refractivity contribution is 5.89. The number of ketones is 2. The number of Topliss-reactive ketones (excluding diaryl/α,β-unsaturated/α-hetero) is 2. The molecule has 33 heavy (non-hydrogen) atoms. The second-order valence-electron chi connectivity index (χ2n) is 10.5. The molecule has 0 aliphatic heterocycles. The van der Waals surface area contributed by atoms with Crippen LogP contribution < -0.4 is 10.6 Å². The molecule has 0 radical (unpaired) electrons. The minimum Gasteiger partial charge on any atom is -0.305 e. The summed E-state index contributed by atoms with van der Waals surface area (Å²) in [6.07, 6.45) is 11.7. The first-order valence-electron chi connectivity index (χ1n) is 13.0. The molecule has 0 aliphatic carbocycles. The minimum atomic E-state index is -0.569. The molecule has 0 bridgehead atoms. The highest BCUT2D eigenvalue weighted by atomic mass is 16.1. The van der Waals surface area contributed by atoms with Gasteiger partial charge in [-0.1, -0.05) is 45.2 Å². The third-order valence-corrected chi connectivity index (χ3v) is 6.45. The molecule has 1 aromatic rings. The van der Waals surface area contributed by atoms with Crippen LogP contribution in [0.5, 0.6) is 0 Å². The second kappa shape index (κ2) is 14.6. The Kier molecular flexibility index (Phi) is 13.0. The zero-order valence-corrected chi connectivity index (χ0v) is 22.2. The van der Waals surface area contributed by atoms with Crippen molar-refractivity contribution in [3.63, 3.8) is 0 Å². The summed E-state index contributed by atoms with van der Waals surface area (Å²) in [6, 6.07) is 0.267. The van der Waals surface area contributed by atoms with Crippen molar-refractivity contribution in [1.82, 2.24) is 25.6 Å². The lowest BCUT2D eigenvalue weighted by Crippen LogP contribution is -2.53. The zero-order chi connectivity index (χ0) is 24.9. The Morgan fingerprint density at radius 1 is 0.970 bits per heavy atom. The summed E-state index contributed by atoms with van der Waals surface area (Å²) in [5, 5.41) is 14.9. The average molecular weight is 464 g/mol. The third kappa shape index (κ3) is 10.5. The number of carbonyl (C=O) groups is 2. The van der Waals surface area contributed by atoms with Crippen LogP contribution in [0.4, 0.5) is 0 Å². The van der Waals surface area contributed by atoms with Gasteiger partial charge in [0.05, 0.1) is 17.3 Å². The normalized spacial score (nSPS) is 15.5. The van der Waals surface area contributed by atoms with Crippen molar-refractivity contribution in [1.29, 1.82) is 0 Å². The van der Waals surface area contributed by atoms with Gasteiger partial charge in [-0.05, 0) is 66.3 Å². The molecule has 0 aliphatic rings. The molecule has 7 nitrogen and oxygen atoms in total. The number of hydrogen-bond acceptors (Lipinski definition) is 6.